The second kappa shape index (κ2) is 8.71. The van der Waals surface area contributed by atoms with Crippen LogP contribution in [0.1, 0.15) is 12.5 Å². The SMILES string of the molecule is Cc1cccc(OCCNC(=O)C(C)N(c2ccccc2)S(C)(=O)=O)c1. The van der Waals surface area contributed by atoms with Gasteiger partial charge in [-0.3, -0.25) is 9.10 Å². The molecule has 140 valence electrons. The van der Waals surface area contributed by atoms with Crippen LogP contribution in [0.2, 0.25) is 0 Å². The minimum Gasteiger partial charge on any atom is -0.492 e. The molecule has 0 aliphatic rings. The maximum Gasteiger partial charge on any atom is 0.243 e. The van der Waals surface area contributed by atoms with Crippen LogP contribution in [0.3, 0.4) is 0 Å². The maximum absolute atomic E-state index is 12.4. The minimum absolute atomic E-state index is 0.281. The van der Waals surface area contributed by atoms with E-state index in [1.807, 2.05) is 31.2 Å². The van der Waals surface area contributed by atoms with E-state index < -0.39 is 16.1 Å². The summed E-state index contributed by atoms with van der Waals surface area (Å²) in [6, 6.07) is 15.3. The molecule has 0 aliphatic heterocycles. The highest BCUT2D eigenvalue weighted by molar-refractivity contribution is 7.92. The Morgan fingerprint density at radius 2 is 1.85 bits per heavy atom. The molecule has 7 heteroatoms. The van der Waals surface area contributed by atoms with Crippen LogP contribution in [0.15, 0.2) is 54.6 Å². The molecule has 0 saturated heterocycles. The molecular formula is C19H24N2O4S. The number of rotatable bonds is 8. The number of aryl methyl sites for hydroxylation is 1. The molecule has 0 heterocycles. The van der Waals surface area contributed by atoms with Gasteiger partial charge in [-0.05, 0) is 43.7 Å². The summed E-state index contributed by atoms with van der Waals surface area (Å²) in [5.74, 6) is 0.349. The van der Waals surface area contributed by atoms with Gasteiger partial charge in [-0.1, -0.05) is 30.3 Å². The van der Waals surface area contributed by atoms with Crippen LogP contribution >= 0.6 is 0 Å². The summed E-state index contributed by atoms with van der Waals surface area (Å²) in [6.07, 6.45) is 1.09. The number of hydrogen-bond acceptors (Lipinski definition) is 4. The van der Waals surface area contributed by atoms with Crippen molar-refractivity contribution in [3.8, 4) is 5.75 Å². The zero-order valence-corrected chi connectivity index (χ0v) is 16.0. The van der Waals surface area contributed by atoms with Crippen LogP contribution in [0.25, 0.3) is 0 Å². The average molecular weight is 376 g/mol. The minimum atomic E-state index is -3.60. The highest BCUT2D eigenvalue weighted by Gasteiger charge is 2.28. The van der Waals surface area contributed by atoms with Crippen molar-refractivity contribution in [2.45, 2.75) is 19.9 Å². The van der Waals surface area contributed by atoms with E-state index in [2.05, 4.69) is 5.32 Å². The highest BCUT2D eigenvalue weighted by Crippen LogP contribution is 2.20. The zero-order valence-electron chi connectivity index (χ0n) is 15.2. The van der Waals surface area contributed by atoms with Crippen molar-refractivity contribution in [1.82, 2.24) is 5.32 Å². The first-order valence-corrected chi connectivity index (χ1v) is 10.2. The van der Waals surface area contributed by atoms with Gasteiger partial charge in [-0.15, -0.1) is 0 Å². The fraction of sp³-hybridized carbons (Fsp3) is 0.316. The summed E-state index contributed by atoms with van der Waals surface area (Å²) >= 11 is 0. The van der Waals surface area contributed by atoms with Crippen molar-refractivity contribution in [3.63, 3.8) is 0 Å². The number of carbonyl (C=O) groups excluding carboxylic acids is 1. The van der Waals surface area contributed by atoms with E-state index in [-0.39, 0.29) is 12.5 Å². The molecule has 1 atom stereocenters. The fourth-order valence-electron chi connectivity index (χ4n) is 2.58. The molecule has 1 N–H and O–H groups in total. The number of para-hydroxylation sites is 1. The van der Waals surface area contributed by atoms with E-state index >= 15 is 0 Å². The van der Waals surface area contributed by atoms with E-state index in [1.54, 1.807) is 37.3 Å². The number of nitrogens with zero attached hydrogens (tertiary/aromatic N) is 1. The van der Waals surface area contributed by atoms with Crippen molar-refractivity contribution in [2.75, 3.05) is 23.7 Å². The molecule has 6 nitrogen and oxygen atoms in total. The van der Waals surface area contributed by atoms with Gasteiger partial charge in [0.15, 0.2) is 0 Å². The lowest BCUT2D eigenvalue weighted by molar-refractivity contribution is -0.121. The molecule has 0 saturated carbocycles. The van der Waals surface area contributed by atoms with E-state index in [4.69, 9.17) is 4.74 Å². The Hall–Kier alpha value is -2.54. The van der Waals surface area contributed by atoms with Crippen molar-refractivity contribution in [1.29, 1.82) is 0 Å². The third-order valence-electron chi connectivity index (χ3n) is 3.76. The van der Waals surface area contributed by atoms with E-state index in [1.165, 1.54) is 0 Å². The summed E-state index contributed by atoms with van der Waals surface area (Å²) in [4.78, 5) is 12.4. The molecule has 1 amide bonds. The van der Waals surface area contributed by atoms with Crippen molar-refractivity contribution >= 4 is 21.6 Å². The number of sulfonamides is 1. The van der Waals surface area contributed by atoms with E-state index in [0.717, 1.165) is 21.9 Å². The quantitative estimate of drug-likeness (QED) is 0.718. The number of benzene rings is 2. The Morgan fingerprint density at radius 1 is 1.15 bits per heavy atom. The number of ether oxygens (including phenoxy) is 1. The first-order valence-electron chi connectivity index (χ1n) is 8.30. The summed E-state index contributed by atoms with van der Waals surface area (Å²) in [7, 11) is -3.60. The van der Waals surface area contributed by atoms with Gasteiger partial charge < -0.3 is 10.1 Å². The Morgan fingerprint density at radius 3 is 2.46 bits per heavy atom. The second-order valence-electron chi connectivity index (χ2n) is 6.03. The zero-order chi connectivity index (χ0) is 19.2. The lowest BCUT2D eigenvalue weighted by Gasteiger charge is -2.28. The van der Waals surface area contributed by atoms with Crippen LogP contribution < -0.4 is 14.4 Å². The molecular weight excluding hydrogens is 352 g/mol. The lowest BCUT2D eigenvalue weighted by atomic mass is 10.2. The molecule has 0 fully saturated rings. The van der Waals surface area contributed by atoms with Crippen LogP contribution in [-0.4, -0.2) is 39.8 Å². The molecule has 2 aromatic carbocycles. The van der Waals surface area contributed by atoms with Gasteiger partial charge in [0.25, 0.3) is 0 Å². The van der Waals surface area contributed by atoms with E-state index in [0.29, 0.717) is 12.3 Å². The lowest BCUT2D eigenvalue weighted by Crippen LogP contribution is -2.48. The number of carbonyl (C=O) groups is 1. The van der Waals surface area contributed by atoms with E-state index in [9.17, 15) is 13.2 Å². The Balaban J connectivity index is 1.94. The summed E-state index contributed by atoms with van der Waals surface area (Å²) < 4.78 is 31.0. The van der Waals surface area contributed by atoms with Crippen LogP contribution in [0, 0.1) is 6.92 Å². The number of anilines is 1. The van der Waals surface area contributed by atoms with Gasteiger partial charge >= 0.3 is 0 Å². The van der Waals surface area contributed by atoms with Crippen molar-refractivity contribution < 1.29 is 17.9 Å². The highest BCUT2D eigenvalue weighted by atomic mass is 32.2. The van der Waals surface area contributed by atoms with Gasteiger partial charge in [0.05, 0.1) is 18.5 Å². The van der Waals surface area contributed by atoms with Crippen molar-refractivity contribution in [2.24, 2.45) is 0 Å². The van der Waals surface area contributed by atoms with Crippen LogP contribution in [0.4, 0.5) is 5.69 Å². The molecule has 0 radical (unpaired) electrons. The van der Waals surface area contributed by atoms with Crippen molar-refractivity contribution in [3.05, 3.63) is 60.2 Å². The smallest absolute Gasteiger partial charge is 0.243 e. The maximum atomic E-state index is 12.4. The fourth-order valence-corrected chi connectivity index (χ4v) is 3.75. The van der Waals surface area contributed by atoms with Crippen LogP contribution in [-0.2, 0) is 14.8 Å². The molecule has 2 aromatic rings. The third-order valence-corrected chi connectivity index (χ3v) is 5.00. The Labute approximate surface area is 154 Å². The number of nitrogens with one attached hydrogen (secondary N) is 1. The average Bonchev–Trinajstić information content (AvgIpc) is 2.58. The monoisotopic (exact) mass is 376 g/mol. The Kier molecular flexibility index (Phi) is 6.63. The molecule has 0 spiro atoms. The normalized spacial score (nSPS) is 12.3. The molecule has 26 heavy (non-hydrogen) atoms. The van der Waals surface area contributed by atoms with Gasteiger partial charge in [-0.2, -0.15) is 0 Å². The molecule has 1 unspecified atom stereocenters. The molecule has 0 aromatic heterocycles. The number of hydrogen-bond donors (Lipinski definition) is 1. The molecule has 0 bridgehead atoms. The van der Waals surface area contributed by atoms with Gasteiger partial charge in [0.2, 0.25) is 15.9 Å². The van der Waals surface area contributed by atoms with Gasteiger partial charge in [-0.25, -0.2) is 8.42 Å². The second-order valence-corrected chi connectivity index (χ2v) is 7.89. The molecule has 2 rings (SSSR count). The number of amides is 1. The first-order chi connectivity index (χ1) is 12.3. The largest absolute Gasteiger partial charge is 0.492 e. The molecule has 0 aliphatic carbocycles. The first kappa shape index (κ1) is 19.8. The predicted octanol–water partition coefficient (Wildman–Crippen LogP) is 2.34. The summed E-state index contributed by atoms with van der Waals surface area (Å²) in [5, 5.41) is 2.72. The van der Waals surface area contributed by atoms with Crippen LogP contribution in [0.5, 0.6) is 5.75 Å². The standard InChI is InChI=1S/C19H24N2O4S/c1-15-8-7-11-18(14-15)25-13-12-20-19(22)16(2)21(26(3,23)24)17-9-5-4-6-10-17/h4-11,14,16H,12-13H2,1-3H3,(H,20,22). The van der Waals surface area contributed by atoms with Gasteiger partial charge in [0.1, 0.15) is 18.4 Å². The predicted molar refractivity (Wildman–Crippen MR) is 103 cm³/mol. The van der Waals surface area contributed by atoms with Gasteiger partial charge in [0, 0.05) is 0 Å². The topological polar surface area (TPSA) is 75.7 Å². The Bertz CT molecular complexity index is 838. The summed E-state index contributed by atoms with van der Waals surface area (Å²) in [6.45, 7) is 4.11. The third kappa shape index (κ3) is 5.49. The summed E-state index contributed by atoms with van der Waals surface area (Å²) in [5.41, 5.74) is 1.54.